The first-order valence-corrected chi connectivity index (χ1v) is 10.2. The first-order valence-electron chi connectivity index (χ1n) is 10.2. The van der Waals surface area contributed by atoms with Gasteiger partial charge in [-0.3, -0.25) is 9.89 Å². The molecule has 0 N–H and O–H groups in total. The van der Waals surface area contributed by atoms with E-state index in [0.29, 0.717) is 0 Å². The predicted octanol–water partition coefficient (Wildman–Crippen LogP) is 3.75. The van der Waals surface area contributed by atoms with Crippen LogP contribution in [0.3, 0.4) is 0 Å². The van der Waals surface area contributed by atoms with E-state index in [9.17, 15) is 4.79 Å². The van der Waals surface area contributed by atoms with E-state index in [1.165, 1.54) is 6.42 Å². The van der Waals surface area contributed by atoms with Crippen molar-refractivity contribution < 1.29 is 4.79 Å². The summed E-state index contributed by atoms with van der Waals surface area (Å²) in [6.45, 7) is 9.49. The van der Waals surface area contributed by atoms with Crippen LogP contribution in [0.5, 0.6) is 0 Å². The van der Waals surface area contributed by atoms with Crippen LogP contribution >= 0.6 is 0 Å². The average Bonchev–Trinajstić information content (AvgIpc) is 3.16. The molecule has 2 fully saturated rings. The Hall–Kier alpha value is -2.63. The maximum absolute atomic E-state index is 13.4. The number of carbonyl (C=O) groups is 1. The molecule has 0 unspecified atom stereocenters. The number of rotatable bonds is 3. The molecule has 2 bridgehead atoms. The summed E-state index contributed by atoms with van der Waals surface area (Å²) in [6.07, 6.45) is 8.18. The lowest BCUT2D eigenvalue weighted by Crippen LogP contribution is -2.53. The summed E-state index contributed by atoms with van der Waals surface area (Å²) in [5.74, 6) is 0.792. The molecule has 28 heavy (non-hydrogen) atoms. The summed E-state index contributed by atoms with van der Waals surface area (Å²) in [6, 6.07) is 4.45. The standard InChI is InChI=1S/C22H29N5O/c1-4-17(14-16(2)23-3)19-8-9-20-21(24-19)27(18-10-13-26(20)15-18)22(28)25-11-6-5-7-12-25/h4,8-9,14,18H,1,5-7,10-13,15H2,2-3H3/b17-14+,23-16?/t18-/m0/s1. The van der Waals surface area contributed by atoms with Gasteiger partial charge in [0.1, 0.15) is 0 Å². The molecule has 3 aliphatic rings. The van der Waals surface area contributed by atoms with Crippen molar-refractivity contribution in [1.29, 1.82) is 0 Å². The van der Waals surface area contributed by atoms with E-state index in [1.54, 1.807) is 13.1 Å². The fourth-order valence-corrected chi connectivity index (χ4v) is 4.38. The molecule has 6 heteroatoms. The van der Waals surface area contributed by atoms with Gasteiger partial charge in [0.15, 0.2) is 5.82 Å². The Bertz CT molecular complexity index is 837. The summed E-state index contributed by atoms with van der Waals surface area (Å²) in [5, 5.41) is 0. The number of anilines is 2. The molecule has 0 aromatic carbocycles. The molecule has 3 aliphatic heterocycles. The lowest BCUT2D eigenvalue weighted by Gasteiger charge is -2.39. The second kappa shape index (κ2) is 7.78. The van der Waals surface area contributed by atoms with E-state index in [2.05, 4.69) is 22.5 Å². The number of amides is 2. The summed E-state index contributed by atoms with van der Waals surface area (Å²) in [5.41, 5.74) is 3.73. The van der Waals surface area contributed by atoms with Gasteiger partial charge in [-0.2, -0.15) is 0 Å². The normalized spacial score (nSPS) is 22.4. The fraction of sp³-hybridized carbons (Fsp3) is 0.500. The van der Waals surface area contributed by atoms with E-state index in [1.807, 2.05) is 28.9 Å². The summed E-state index contributed by atoms with van der Waals surface area (Å²) in [4.78, 5) is 28.9. The molecule has 0 aliphatic carbocycles. The number of urea groups is 1. The van der Waals surface area contributed by atoms with Crippen LogP contribution in [0, 0.1) is 0 Å². The fourth-order valence-electron chi connectivity index (χ4n) is 4.38. The molecule has 1 aromatic heterocycles. The quantitative estimate of drug-likeness (QED) is 0.594. The Morgan fingerprint density at radius 2 is 2.04 bits per heavy atom. The monoisotopic (exact) mass is 379 g/mol. The number of likely N-dealkylation sites (tertiary alicyclic amines) is 1. The molecular formula is C22H29N5O. The minimum absolute atomic E-state index is 0.118. The van der Waals surface area contributed by atoms with Crippen molar-refractivity contribution >= 4 is 28.8 Å². The van der Waals surface area contributed by atoms with Gasteiger partial charge in [-0.15, -0.1) is 0 Å². The lowest BCUT2D eigenvalue weighted by molar-refractivity contribution is 0.190. The highest BCUT2D eigenvalue weighted by molar-refractivity contribution is 6.01. The minimum Gasteiger partial charge on any atom is -0.366 e. The third kappa shape index (κ3) is 3.32. The number of aliphatic imine (C=N–C) groups is 1. The number of nitrogens with zero attached hydrogens (tertiary/aromatic N) is 5. The Balaban J connectivity index is 1.74. The van der Waals surface area contributed by atoms with Crippen LogP contribution in [0.2, 0.25) is 0 Å². The maximum atomic E-state index is 13.4. The van der Waals surface area contributed by atoms with E-state index >= 15 is 0 Å². The summed E-state index contributed by atoms with van der Waals surface area (Å²) >= 11 is 0. The minimum atomic E-state index is 0.118. The van der Waals surface area contributed by atoms with Crippen molar-refractivity contribution in [1.82, 2.24) is 9.88 Å². The van der Waals surface area contributed by atoms with E-state index in [0.717, 1.165) is 73.9 Å². The van der Waals surface area contributed by atoms with Crippen molar-refractivity contribution in [3.63, 3.8) is 0 Å². The van der Waals surface area contributed by atoms with E-state index in [-0.39, 0.29) is 12.1 Å². The molecular weight excluding hydrogens is 350 g/mol. The molecule has 1 atom stereocenters. The molecule has 0 radical (unpaired) electrons. The molecule has 4 heterocycles. The van der Waals surface area contributed by atoms with Crippen LogP contribution < -0.4 is 9.80 Å². The van der Waals surface area contributed by atoms with Crippen molar-refractivity contribution in [2.75, 3.05) is 43.0 Å². The molecule has 2 saturated heterocycles. The van der Waals surface area contributed by atoms with Crippen LogP contribution in [0.4, 0.5) is 16.3 Å². The van der Waals surface area contributed by atoms with Gasteiger partial charge in [0.25, 0.3) is 0 Å². The van der Waals surface area contributed by atoms with Crippen molar-refractivity contribution in [3.05, 3.63) is 36.6 Å². The molecule has 2 amide bonds. The second-order valence-corrected chi connectivity index (χ2v) is 7.80. The highest BCUT2D eigenvalue weighted by atomic mass is 16.2. The molecule has 1 aromatic rings. The zero-order valence-corrected chi connectivity index (χ0v) is 16.9. The largest absolute Gasteiger partial charge is 0.366 e. The van der Waals surface area contributed by atoms with Crippen molar-refractivity contribution in [2.24, 2.45) is 4.99 Å². The Morgan fingerprint density at radius 3 is 2.75 bits per heavy atom. The molecule has 0 saturated carbocycles. The smallest absolute Gasteiger partial charge is 0.326 e. The zero-order valence-electron chi connectivity index (χ0n) is 16.9. The highest BCUT2D eigenvalue weighted by Gasteiger charge is 2.41. The number of aromatic nitrogens is 1. The number of hydrogen-bond donors (Lipinski definition) is 0. The van der Waals surface area contributed by atoms with Gasteiger partial charge in [-0.05, 0) is 50.8 Å². The second-order valence-electron chi connectivity index (χ2n) is 7.80. The topological polar surface area (TPSA) is 52.0 Å². The molecule has 0 spiro atoms. The van der Waals surface area contributed by atoms with Crippen molar-refractivity contribution in [2.45, 2.75) is 38.6 Å². The SMILES string of the molecule is C=C/C(=C\C(C)=NC)c1ccc2c(n1)N(C(=O)N1CCCCC1)[C@H]1CCN2C1. The van der Waals surface area contributed by atoms with Crippen LogP contribution in [0.25, 0.3) is 5.57 Å². The number of piperidine rings is 1. The number of hydrogen-bond acceptors (Lipinski definition) is 4. The van der Waals surface area contributed by atoms with E-state index < -0.39 is 0 Å². The van der Waals surface area contributed by atoms with Gasteiger partial charge in [0, 0.05) is 44.5 Å². The number of allylic oxidation sites excluding steroid dienone is 3. The lowest BCUT2D eigenvalue weighted by atomic mass is 10.1. The predicted molar refractivity (Wildman–Crippen MR) is 115 cm³/mol. The zero-order chi connectivity index (χ0) is 19.7. The Kier molecular flexibility index (Phi) is 5.20. The third-order valence-corrected chi connectivity index (χ3v) is 6.02. The third-order valence-electron chi connectivity index (χ3n) is 6.02. The first kappa shape index (κ1) is 18.7. The van der Waals surface area contributed by atoms with Gasteiger partial charge < -0.3 is 9.80 Å². The van der Waals surface area contributed by atoms with Crippen LogP contribution in [-0.2, 0) is 0 Å². The van der Waals surface area contributed by atoms with Gasteiger partial charge in [0.2, 0.25) is 0 Å². The highest BCUT2D eigenvalue weighted by Crippen LogP contribution is 2.40. The number of pyridine rings is 1. The maximum Gasteiger partial charge on any atom is 0.326 e. The number of fused-ring (bicyclic) bond motifs is 4. The molecule has 148 valence electrons. The average molecular weight is 380 g/mol. The van der Waals surface area contributed by atoms with Gasteiger partial charge in [0.05, 0.1) is 17.4 Å². The van der Waals surface area contributed by atoms with Crippen LogP contribution in [-0.4, -0.2) is 60.9 Å². The van der Waals surface area contributed by atoms with Gasteiger partial charge in [-0.1, -0.05) is 12.7 Å². The van der Waals surface area contributed by atoms with Crippen LogP contribution in [0.15, 0.2) is 35.9 Å². The van der Waals surface area contributed by atoms with Crippen LogP contribution in [0.1, 0.15) is 38.3 Å². The van der Waals surface area contributed by atoms with Gasteiger partial charge >= 0.3 is 6.03 Å². The number of carbonyl (C=O) groups excluding carboxylic acids is 1. The Labute approximate surface area is 167 Å². The molecule has 4 rings (SSSR count). The summed E-state index contributed by atoms with van der Waals surface area (Å²) in [7, 11) is 1.77. The van der Waals surface area contributed by atoms with Gasteiger partial charge in [-0.25, -0.2) is 9.78 Å². The molecule has 6 nitrogen and oxygen atoms in total. The summed E-state index contributed by atoms with van der Waals surface area (Å²) < 4.78 is 0. The van der Waals surface area contributed by atoms with Crippen molar-refractivity contribution in [3.8, 4) is 0 Å². The Morgan fingerprint density at radius 1 is 1.25 bits per heavy atom. The first-order chi connectivity index (χ1) is 13.6. The van der Waals surface area contributed by atoms with E-state index in [4.69, 9.17) is 4.98 Å².